The largest absolute Gasteiger partial charge is 0.325 e. The number of benzene rings is 2. The van der Waals surface area contributed by atoms with E-state index in [2.05, 4.69) is 5.32 Å². The second-order valence-electron chi connectivity index (χ2n) is 4.83. The van der Waals surface area contributed by atoms with E-state index in [4.69, 9.17) is 11.6 Å². The second kappa shape index (κ2) is 7.53. The van der Waals surface area contributed by atoms with Gasteiger partial charge in [-0.3, -0.25) is 4.79 Å². The van der Waals surface area contributed by atoms with Gasteiger partial charge >= 0.3 is 0 Å². The van der Waals surface area contributed by atoms with Crippen molar-refractivity contribution in [1.82, 2.24) is 0 Å². The Balaban J connectivity index is 2.03. The van der Waals surface area contributed by atoms with Crippen LogP contribution in [0.5, 0.6) is 0 Å². The van der Waals surface area contributed by atoms with Crippen molar-refractivity contribution in [2.75, 3.05) is 5.32 Å². The van der Waals surface area contributed by atoms with Crippen LogP contribution < -0.4 is 5.32 Å². The average Bonchev–Trinajstić information content (AvgIpc) is 2.46. The molecule has 0 aromatic heterocycles. The first-order chi connectivity index (χ1) is 10.1. The fourth-order valence-electron chi connectivity index (χ4n) is 1.95. The zero-order valence-corrected chi connectivity index (χ0v) is 13.7. The van der Waals surface area contributed by atoms with Gasteiger partial charge in [0.25, 0.3) is 0 Å². The summed E-state index contributed by atoms with van der Waals surface area (Å²) >= 11 is 7.44. The summed E-state index contributed by atoms with van der Waals surface area (Å²) in [4.78, 5) is 13.4. The molecule has 1 amide bonds. The van der Waals surface area contributed by atoms with Gasteiger partial charge in [-0.1, -0.05) is 30.7 Å². The minimum atomic E-state index is -0.119. The summed E-state index contributed by atoms with van der Waals surface area (Å²) in [5.74, 6) is 0.0306. The maximum atomic E-state index is 12.4. The number of aryl methyl sites for hydroxylation is 1. The summed E-state index contributed by atoms with van der Waals surface area (Å²) in [7, 11) is 0. The van der Waals surface area contributed by atoms with Gasteiger partial charge in [-0.2, -0.15) is 0 Å². The summed E-state index contributed by atoms with van der Waals surface area (Å²) in [6.07, 6.45) is 0.769. The fourth-order valence-corrected chi connectivity index (χ4v) is 3.03. The highest BCUT2D eigenvalue weighted by molar-refractivity contribution is 8.00. The third-order valence-electron chi connectivity index (χ3n) is 3.04. The molecule has 0 spiro atoms. The molecule has 2 nitrogen and oxygen atoms in total. The Morgan fingerprint density at radius 1 is 1.24 bits per heavy atom. The normalized spacial score (nSPS) is 12.0. The van der Waals surface area contributed by atoms with Crippen molar-refractivity contribution < 1.29 is 4.79 Å². The predicted octanol–water partition coefficient (Wildman–Crippen LogP) is 5.16. The maximum absolute atomic E-state index is 12.4. The van der Waals surface area contributed by atoms with Crippen LogP contribution in [-0.4, -0.2) is 11.2 Å². The molecule has 0 saturated carbocycles. The summed E-state index contributed by atoms with van der Waals surface area (Å²) in [5.41, 5.74) is 1.97. The van der Waals surface area contributed by atoms with Crippen LogP contribution in [0.1, 0.15) is 18.9 Å². The Morgan fingerprint density at radius 3 is 2.57 bits per heavy atom. The van der Waals surface area contributed by atoms with Crippen molar-refractivity contribution in [3.63, 3.8) is 0 Å². The minimum Gasteiger partial charge on any atom is -0.325 e. The lowest BCUT2D eigenvalue weighted by Gasteiger charge is -2.15. The van der Waals surface area contributed by atoms with Crippen molar-refractivity contribution in [3.05, 3.63) is 59.1 Å². The quantitative estimate of drug-likeness (QED) is 0.771. The van der Waals surface area contributed by atoms with E-state index in [9.17, 15) is 4.79 Å². The molecule has 1 N–H and O–H groups in total. The molecule has 0 aliphatic heterocycles. The van der Waals surface area contributed by atoms with Crippen LogP contribution in [0, 0.1) is 6.92 Å². The van der Waals surface area contributed by atoms with Gasteiger partial charge in [-0.15, -0.1) is 11.8 Å². The molecule has 2 aromatic carbocycles. The fraction of sp³-hybridized carbons (Fsp3) is 0.235. The van der Waals surface area contributed by atoms with Crippen molar-refractivity contribution in [2.45, 2.75) is 30.4 Å². The van der Waals surface area contributed by atoms with Gasteiger partial charge in [0.1, 0.15) is 0 Å². The summed E-state index contributed by atoms with van der Waals surface area (Å²) in [6, 6.07) is 15.4. The molecule has 0 fully saturated rings. The maximum Gasteiger partial charge on any atom is 0.237 e. The second-order valence-corrected chi connectivity index (χ2v) is 6.54. The summed E-state index contributed by atoms with van der Waals surface area (Å²) in [6.45, 7) is 4.03. The number of hydrogen-bond donors (Lipinski definition) is 1. The number of rotatable bonds is 5. The lowest BCUT2D eigenvalue weighted by atomic mass is 10.2. The molecule has 0 aliphatic rings. The zero-order valence-electron chi connectivity index (χ0n) is 12.1. The van der Waals surface area contributed by atoms with E-state index < -0.39 is 0 Å². The predicted molar refractivity (Wildman–Crippen MR) is 91.2 cm³/mol. The molecule has 0 aliphatic carbocycles. The first-order valence-corrected chi connectivity index (χ1v) is 8.14. The van der Waals surface area contributed by atoms with Gasteiger partial charge in [-0.05, 0) is 55.3 Å². The average molecular weight is 320 g/mol. The van der Waals surface area contributed by atoms with Crippen LogP contribution in [0.15, 0.2) is 53.4 Å². The molecule has 21 heavy (non-hydrogen) atoms. The molecule has 110 valence electrons. The van der Waals surface area contributed by atoms with Gasteiger partial charge in [0, 0.05) is 15.6 Å². The minimum absolute atomic E-state index is 0.0306. The van der Waals surface area contributed by atoms with Crippen LogP contribution in [0.3, 0.4) is 0 Å². The molecule has 1 atom stereocenters. The number of hydrogen-bond acceptors (Lipinski definition) is 2. The molecular formula is C17H18ClNOS. The van der Waals surface area contributed by atoms with E-state index >= 15 is 0 Å². The third kappa shape index (κ3) is 4.80. The van der Waals surface area contributed by atoms with Gasteiger partial charge in [0.2, 0.25) is 5.91 Å². The lowest BCUT2D eigenvalue weighted by molar-refractivity contribution is -0.115. The highest BCUT2D eigenvalue weighted by Crippen LogP contribution is 2.27. The monoisotopic (exact) mass is 319 g/mol. The number of halogens is 1. The molecular weight excluding hydrogens is 302 g/mol. The first kappa shape index (κ1) is 15.9. The van der Waals surface area contributed by atoms with Crippen LogP contribution in [0.2, 0.25) is 5.02 Å². The van der Waals surface area contributed by atoms with Crippen molar-refractivity contribution >= 4 is 35.0 Å². The van der Waals surface area contributed by atoms with Gasteiger partial charge in [-0.25, -0.2) is 0 Å². The van der Waals surface area contributed by atoms with E-state index in [1.54, 1.807) is 11.8 Å². The third-order valence-corrected chi connectivity index (χ3v) is 4.67. The summed E-state index contributed by atoms with van der Waals surface area (Å²) in [5, 5.41) is 3.57. The molecule has 2 aromatic rings. The van der Waals surface area contributed by atoms with Crippen molar-refractivity contribution in [3.8, 4) is 0 Å². The van der Waals surface area contributed by atoms with E-state index in [1.165, 1.54) is 0 Å². The standard InChI is InChI=1S/C17H18ClNOS/c1-3-16(21-15-9-7-13(18)8-10-15)17(20)19-14-6-4-5-12(2)11-14/h4-11,16H,3H2,1-2H3,(H,19,20)/t16-/m0/s1. The highest BCUT2D eigenvalue weighted by atomic mass is 35.5. The zero-order chi connectivity index (χ0) is 15.2. The van der Waals surface area contributed by atoms with Crippen LogP contribution >= 0.6 is 23.4 Å². The Kier molecular flexibility index (Phi) is 5.71. The Hall–Kier alpha value is -1.45. The molecule has 0 heterocycles. The molecule has 4 heteroatoms. The van der Waals surface area contributed by atoms with Crippen molar-refractivity contribution in [2.24, 2.45) is 0 Å². The van der Waals surface area contributed by atoms with Gasteiger partial charge < -0.3 is 5.32 Å². The van der Waals surface area contributed by atoms with Gasteiger partial charge in [0.05, 0.1) is 5.25 Å². The van der Waals surface area contributed by atoms with E-state index in [-0.39, 0.29) is 11.2 Å². The lowest BCUT2D eigenvalue weighted by Crippen LogP contribution is -2.24. The molecule has 0 saturated heterocycles. The first-order valence-electron chi connectivity index (χ1n) is 6.88. The topological polar surface area (TPSA) is 29.1 Å². The number of carbonyl (C=O) groups excluding carboxylic acids is 1. The number of amides is 1. The van der Waals surface area contributed by atoms with E-state index in [0.29, 0.717) is 5.02 Å². The number of carbonyl (C=O) groups is 1. The van der Waals surface area contributed by atoms with Gasteiger partial charge in [0.15, 0.2) is 0 Å². The Morgan fingerprint density at radius 2 is 1.95 bits per heavy atom. The summed E-state index contributed by atoms with van der Waals surface area (Å²) < 4.78 is 0. The Labute approximate surface area is 134 Å². The van der Waals surface area contributed by atoms with Crippen molar-refractivity contribution in [1.29, 1.82) is 0 Å². The molecule has 0 radical (unpaired) electrons. The number of nitrogens with one attached hydrogen (secondary N) is 1. The molecule has 0 bridgehead atoms. The number of thioether (sulfide) groups is 1. The smallest absolute Gasteiger partial charge is 0.237 e. The highest BCUT2D eigenvalue weighted by Gasteiger charge is 2.18. The Bertz CT molecular complexity index is 612. The van der Waals surface area contributed by atoms with Crippen LogP contribution in [0.4, 0.5) is 5.69 Å². The molecule has 0 unspecified atom stereocenters. The van der Waals surface area contributed by atoms with Crippen LogP contribution in [-0.2, 0) is 4.79 Å². The SMILES string of the molecule is CC[C@H](Sc1ccc(Cl)cc1)C(=O)Nc1cccc(C)c1. The van der Waals surface area contributed by atoms with E-state index in [0.717, 1.165) is 22.6 Å². The number of anilines is 1. The molecule has 2 rings (SSSR count). The van der Waals surface area contributed by atoms with E-state index in [1.807, 2.05) is 62.4 Å². The van der Waals surface area contributed by atoms with Crippen LogP contribution in [0.25, 0.3) is 0 Å².